The molecule has 0 aromatic carbocycles. The van der Waals surface area contributed by atoms with Crippen LogP contribution in [0.3, 0.4) is 0 Å². The van der Waals surface area contributed by atoms with Gasteiger partial charge in [0.25, 0.3) is 0 Å². The fourth-order valence-electron chi connectivity index (χ4n) is 11.0. The average molecular weight is 875 g/mol. The van der Waals surface area contributed by atoms with Crippen LogP contribution in [0.5, 0.6) is 0 Å². The molecule has 20 atom stereocenters. The van der Waals surface area contributed by atoms with Gasteiger partial charge in [0, 0.05) is 52.2 Å². The maximum atomic E-state index is 14.4. The van der Waals surface area contributed by atoms with Crippen molar-refractivity contribution in [2.24, 2.45) is 23.7 Å². The summed E-state index contributed by atoms with van der Waals surface area (Å²) < 4.78 is 63.9. The lowest BCUT2D eigenvalue weighted by Crippen LogP contribution is -2.58. The number of hydrogen-bond donors (Lipinski definition) is 3. The molecule has 350 valence electrons. The van der Waals surface area contributed by atoms with Gasteiger partial charge in [-0.3, -0.25) is 4.79 Å². The van der Waals surface area contributed by atoms with Gasteiger partial charge in [-0.15, -0.1) is 0 Å². The normalized spacial score (nSPS) is 48.6. The molecule has 0 amide bonds. The Morgan fingerprint density at radius 3 is 2.35 bits per heavy atom. The van der Waals surface area contributed by atoms with Gasteiger partial charge in [0.1, 0.15) is 42.0 Å². The molecule has 2 bridgehead atoms. The number of aliphatic hydroxyl groups excluding tert-OH is 2. The summed E-state index contributed by atoms with van der Waals surface area (Å²) in [5.74, 6) is -2.10. The zero-order chi connectivity index (χ0) is 44.7. The smallest absolute Gasteiger partial charge is 0.316 e. The van der Waals surface area contributed by atoms with Gasteiger partial charge in [-0.2, -0.15) is 0 Å². The molecule has 14 nitrogen and oxygen atoms in total. The topological polar surface area (TPSA) is 170 Å². The Balaban J connectivity index is 1.18. The highest BCUT2D eigenvalue weighted by Crippen LogP contribution is 2.48. The number of carbonyl (C=O) groups is 1. The molecule has 5 fully saturated rings. The summed E-state index contributed by atoms with van der Waals surface area (Å²) in [7, 11) is 3.23. The molecule has 3 N–H and O–H groups in total. The summed E-state index contributed by atoms with van der Waals surface area (Å²) in [6.45, 7) is 16.3. The number of esters is 1. The second-order valence-corrected chi connectivity index (χ2v) is 19.4. The first-order valence-electron chi connectivity index (χ1n) is 23.2. The van der Waals surface area contributed by atoms with E-state index in [1.54, 1.807) is 40.2 Å². The lowest BCUT2D eigenvalue weighted by molar-refractivity contribution is -0.340. The van der Waals surface area contributed by atoms with Crippen LogP contribution in [-0.4, -0.2) is 139 Å². The molecule has 5 saturated heterocycles. The minimum atomic E-state index is -1.82. The van der Waals surface area contributed by atoms with Gasteiger partial charge < -0.3 is 62.7 Å². The van der Waals surface area contributed by atoms with Crippen molar-refractivity contribution < 1.29 is 67.5 Å². The van der Waals surface area contributed by atoms with E-state index in [2.05, 4.69) is 40.7 Å². The Morgan fingerprint density at radius 2 is 1.63 bits per heavy atom. The van der Waals surface area contributed by atoms with Crippen LogP contribution in [0.4, 0.5) is 0 Å². The first kappa shape index (κ1) is 47.9. The van der Waals surface area contributed by atoms with Gasteiger partial charge in [0.05, 0.1) is 49.3 Å². The highest BCUT2D eigenvalue weighted by Gasteiger charge is 2.60. The van der Waals surface area contributed by atoms with Crippen molar-refractivity contribution in [1.29, 1.82) is 0 Å². The van der Waals surface area contributed by atoms with Gasteiger partial charge >= 0.3 is 5.97 Å². The monoisotopic (exact) mass is 875 g/mol. The maximum Gasteiger partial charge on any atom is 0.316 e. The first-order valence-corrected chi connectivity index (χ1v) is 23.2. The van der Waals surface area contributed by atoms with Crippen molar-refractivity contribution in [1.82, 2.24) is 0 Å². The predicted molar refractivity (Wildman–Crippen MR) is 227 cm³/mol. The Bertz CT molecular complexity index is 1680. The molecule has 0 aromatic rings. The Kier molecular flexibility index (Phi) is 15.3. The molecule has 0 radical (unpaired) electrons. The number of aliphatic hydroxyl groups is 3. The van der Waals surface area contributed by atoms with Gasteiger partial charge in [-0.1, -0.05) is 64.5 Å². The van der Waals surface area contributed by atoms with Crippen LogP contribution in [0.2, 0.25) is 0 Å². The molecule has 14 heteroatoms. The van der Waals surface area contributed by atoms with E-state index >= 15 is 0 Å². The van der Waals surface area contributed by atoms with E-state index in [-0.39, 0.29) is 30.8 Å². The molecule has 0 saturated carbocycles. The zero-order valence-corrected chi connectivity index (χ0v) is 38.5. The zero-order valence-electron chi connectivity index (χ0n) is 38.5. The largest absolute Gasteiger partial charge is 0.462 e. The summed E-state index contributed by atoms with van der Waals surface area (Å²) in [6, 6.07) is 0. The molecule has 6 aliphatic heterocycles. The average Bonchev–Trinajstić information content (AvgIpc) is 3.58. The highest BCUT2D eigenvalue weighted by molar-refractivity contribution is 5.78. The first-order chi connectivity index (χ1) is 29.5. The van der Waals surface area contributed by atoms with Gasteiger partial charge in [-0.25, -0.2) is 0 Å². The van der Waals surface area contributed by atoms with Gasteiger partial charge in [0.2, 0.25) is 0 Å². The third kappa shape index (κ3) is 9.73. The van der Waals surface area contributed by atoms with Gasteiger partial charge in [0.15, 0.2) is 18.4 Å². The number of carbonyl (C=O) groups excluding carboxylic acids is 1. The summed E-state index contributed by atoms with van der Waals surface area (Å²) in [6.07, 6.45) is 6.53. The lowest BCUT2D eigenvalue weighted by atomic mass is 9.71. The standard InChI is InChI=1S/C48H74O14/c1-11-25(2)43-28(5)17-18-47(62-43)23-34-20-33(61-47)16-15-27(4)42(26(3)13-12-14-32-24-55-45-40(49)29(6)19-35(46(51)58-34)48(32,45)52)59-39-22-37(54-10)44(31(8)57-39)60-38-21-36(53-9)41(50)30(7)56-38/h12-15,19,25-26,28,30-31,33-45,49-50,52H,11,16-18,20-24H2,1-10H3/b13-12+,27-15+,32-14?/t25?,26-,28-,30-,31-,33+,34?,35-,36-,37-,38?,39-,40+,41-,42-,43+,44-,45+,47+,48+/m0/s1. The van der Waals surface area contributed by atoms with Crippen LogP contribution in [0, 0.1) is 23.7 Å². The fraction of sp³-hybridized carbons (Fsp3) is 0.812. The van der Waals surface area contributed by atoms with Crippen LogP contribution in [-0.2, 0) is 52.2 Å². The van der Waals surface area contributed by atoms with E-state index in [1.807, 2.05) is 19.1 Å². The van der Waals surface area contributed by atoms with Crippen LogP contribution in [0.1, 0.15) is 107 Å². The summed E-state index contributed by atoms with van der Waals surface area (Å²) in [5, 5.41) is 34.2. The molecule has 0 aromatic heterocycles. The van der Waals surface area contributed by atoms with Crippen molar-refractivity contribution in [3.8, 4) is 0 Å². The fourth-order valence-corrected chi connectivity index (χ4v) is 11.0. The van der Waals surface area contributed by atoms with Crippen molar-refractivity contribution >= 4 is 5.97 Å². The molecular formula is C48H74O14. The van der Waals surface area contributed by atoms with Crippen LogP contribution >= 0.6 is 0 Å². The van der Waals surface area contributed by atoms with Crippen LogP contribution in [0.25, 0.3) is 0 Å². The third-order valence-corrected chi connectivity index (χ3v) is 14.9. The Hall–Kier alpha value is -2.05. The van der Waals surface area contributed by atoms with Crippen LogP contribution in [0.15, 0.2) is 47.1 Å². The van der Waals surface area contributed by atoms with Crippen molar-refractivity contribution in [3.05, 3.63) is 47.1 Å². The van der Waals surface area contributed by atoms with E-state index in [9.17, 15) is 20.1 Å². The SMILES string of the molecule is CCC(C)[C@H]1O[C@]2(CC[C@@H]1C)CC1C[C@@H](C/C=C(\C)[C@@H](O[C@H]3C[C@H](OC)[C@@H](OC4C[C@H](OC)[C@@H](O)[C@H](C)O4)[C@H](C)O3)[C@@H](C)/C=C/C=C3CO[C@@H]4[C@H](O)C(C)=C[C@@H](C(=O)O1)[C@]34O)O2. The van der Waals surface area contributed by atoms with E-state index < -0.39 is 90.8 Å². The number of allylic oxidation sites excluding steroid dienone is 2. The predicted octanol–water partition coefficient (Wildman–Crippen LogP) is 5.60. The molecule has 62 heavy (non-hydrogen) atoms. The Morgan fingerprint density at radius 1 is 0.919 bits per heavy atom. The molecule has 3 unspecified atom stereocenters. The van der Waals surface area contributed by atoms with Gasteiger partial charge in [-0.05, 0) is 69.1 Å². The number of rotatable bonds is 8. The highest BCUT2D eigenvalue weighted by atomic mass is 16.7. The summed E-state index contributed by atoms with van der Waals surface area (Å²) in [4.78, 5) is 14.4. The van der Waals surface area contributed by atoms with Crippen molar-refractivity contribution in [3.63, 3.8) is 0 Å². The number of hydrogen-bond acceptors (Lipinski definition) is 14. The van der Waals surface area contributed by atoms with Crippen molar-refractivity contribution in [2.45, 2.75) is 204 Å². The minimum absolute atomic E-state index is 0.00708. The molecule has 6 heterocycles. The summed E-state index contributed by atoms with van der Waals surface area (Å²) in [5.41, 5.74) is 0.188. The lowest BCUT2D eigenvalue weighted by Gasteiger charge is -2.51. The van der Waals surface area contributed by atoms with E-state index in [4.69, 9.17) is 47.4 Å². The third-order valence-electron chi connectivity index (χ3n) is 14.9. The molecule has 1 spiro atoms. The second kappa shape index (κ2) is 19.8. The van der Waals surface area contributed by atoms with E-state index in [0.717, 1.165) is 18.4 Å². The van der Waals surface area contributed by atoms with Crippen molar-refractivity contribution in [2.75, 3.05) is 20.8 Å². The Labute approximate surface area is 368 Å². The quantitative estimate of drug-likeness (QED) is 0.204. The minimum Gasteiger partial charge on any atom is -0.462 e. The van der Waals surface area contributed by atoms with E-state index in [1.165, 1.54) is 0 Å². The number of fused-ring (bicyclic) bond motifs is 2. The molecule has 7 aliphatic rings. The maximum absolute atomic E-state index is 14.4. The number of ether oxygens (including phenoxy) is 10. The second-order valence-electron chi connectivity index (χ2n) is 19.4. The molecule has 1 aliphatic carbocycles. The summed E-state index contributed by atoms with van der Waals surface area (Å²) >= 11 is 0. The molecular weight excluding hydrogens is 801 g/mol. The van der Waals surface area contributed by atoms with Crippen LogP contribution < -0.4 is 0 Å². The molecule has 7 rings (SSSR count). The number of methoxy groups -OCH3 is 2. The van der Waals surface area contributed by atoms with E-state index in [0.29, 0.717) is 61.5 Å².